The zero-order valence-electron chi connectivity index (χ0n) is 10.8. The lowest BCUT2D eigenvalue weighted by Crippen LogP contribution is -2.23. The molecule has 1 nitrogen and oxygen atoms in total. The van der Waals surface area contributed by atoms with Gasteiger partial charge in [-0.3, -0.25) is 0 Å². The Labute approximate surface area is 130 Å². The lowest BCUT2D eigenvalue weighted by molar-refractivity contribution is 0.544. The predicted molar refractivity (Wildman–Crippen MR) is 81.0 cm³/mol. The first-order valence-electron chi connectivity index (χ1n) is 6.16. The highest BCUT2D eigenvalue weighted by Gasteiger charge is 2.20. The van der Waals surface area contributed by atoms with Gasteiger partial charge in [0.05, 0.1) is 6.04 Å². The van der Waals surface area contributed by atoms with E-state index in [1.54, 1.807) is 18.2 Å². The molecule has 1 unspecified atom stereocenters. The van der Waals surface area contributed by atoms with E-state index in [1.807, 2.05) is 6.92 Å². The molecule has 0 aliphatic carbocycles. The van der Waals surface area contributed by atoms with Crippen LogP contribution in [0, 0.1) is 11.6 Å². The minimum absolute atomic E-state index is 0.273. The molecule has 0 fully saturated rings. The van der Waals surface area contributed by atoms with Gasteiger partial charge < -0.3 is 5.32 Å². The summed E-state index contributed by atoms with van der Waals surface area (Å²) in [6.45, 7) is 2.53. The number of rotatable bonds is 4. The van der Waals surface area contributed by atoms with Crippen LogP contribution in [0.2, 0.25) is 5.02 Å². The van der Waals surface area contributed by atoms with E-state index in [-0.39, 0.29) is 5.56 Å². The third kappa shape index (κ3) is 3.37. The Balaban J connectivity index is 2.53. The van der Waals surface area contributed by atoms with Crippen LogP contribution in [-0.2, 0) is 0 Å². The number of nitrogens with one attached hydrogen (secondary N) is 1. The average Bonchev–Trinajstić information content (AvgIpc) is 2.40. The van der Waals surface area contributed by atoms with Crippen molar-refractivity contribution in [2.75, 3.05) is 6.54 Å². The van der Waals surface area contributed by atoms with Gasteiger partial charge in [0, 0.05) is 15.1 Å². The smallest absolute Gasteiger partial charge is 0.128 e. The summed E-state index contributed by atoms with van der Waals surface area (Å²) in [6, 6.07) is 8.27. The second kappa shape index (κ2) is 6.66. The Morgan fingerprint density at radius 1 is 1.15 bits per heavy atom. The summed E-state index contributed by atoms with van der Waals surface area (Å²) in [6.07, 6.45) is 0. The van der Waals surface area contributed by atoms with Crippen molar-refractivity contribution < 1.29 is 8.78 Å². The van der Waals surface area contributed by atoms with Crippen molar-refractivity contribution in [3.05, 3.63) is 68.7 Å². The molecule has 0 amide bonds. The van der Waals surface area contributed by atoms with Crippen molar-refractivity contribution in [2.24, 2.45) is 0 Å². The van der Waals surface area contributed by atoms with Gasteiger partial charge in [-0.15, -0.1) is 0 Å². The van der Waals surface area contributed by atoms with Gasteiger partial charge in [-0.1, -0.05) is 40.5 Å². The van der Waals surface area contributed by atoms with Gasteiger partial charge in [-0.2, -0.15) is 0 Å². The molecule has 0 bridgehead atoms. The van der Waals surface area contributed by atoms with E-state index < -0.39 is 17.7 Å². The molecule has 1 atom stereocenters. The molecule has 2 aromatic rings. The molecule has 0 saturated carbocycles. The van der Waals surface area contributed by atoms with Gasteiger partial charge in [0.1, 0.15) is 11.6 Å². The number of halogens is 4. The van der Waals surface area contributed by atoms with E-state index in [4.69, 9.17) is 11.6 Å². The molecule has 2 aromatic carbocycles. The van der Waals surface area contributed by atoms with Crippen LogP contribution in [0.4, 0.5) is 8.78 Å². The van der Waals surface area contributed by atoms with Crippen molar-refractivity contribution in [2.45, 2.75) is 13.0 Å². The van der Waals surface area contributed by atoms with Crippen LogP contribution in [0.15, 0.2) is 40.9 Å². The molecule has 1 N–H and O–H groups in total. The number of hydrogen-bond donors (Lipinski definition) is 1. The first kappa shape index (κ1) is 15.4. The second-order valence-corrected chi connectivity index (χ2v) is 5.61. The zero-order chi connectivity index (χ0) is 14.7. The summed E-state index contributed by atoms with van der Waals surface area (Å²) >= 11 is 9.33. The molecule has 0 aliphatic rings. The molecule has 0 heterocycles. The fourth-order valence-electron chi connectivity index (χ4n) is 2.06. The lowest BCUT2D eigenvalue weighted by Gasteiger charge is -2.21. The minimum atomic E-state index is -0.464. The van der Waals surface area contributed by atoms with Crippen molar-refractivity contribution in [3.63, 3.8) is 0 Å². The SMILES string of the molecule is CCNC(c1cc(F)ccc1F)c1ccc(Cl)cc1Br. The fourth-order valence-corrected chi connectivity index (χ4v) is 2.97. The highest BCUT2D eigenvalue weighted by atomic mass is 79.9. The highest BCUT2D eigenvalue weighted by molar-refractivity contribution is 9.10. The largest absolute Gasteiger partial charge is 0.306 e. The molecule has 2 rings (SSSR count). The third-order valence-electron chi connectivity index (χ3n) is 2.95. The fraction of sp³-hybridized carbons (Fsp3) is 0.200. The van der Waals surface area contributed by atoms with Crippen molar-refractivity contribution >= 4 is 27.5 Å². The number of benzene rings is 2. The molecular formula is C15H13BrClF2N. The van der Waals surface area contributed by atoms with E-state index >= 15 is 0 Å². The van der Waals surface area contributed by atoms with Gasteiger partial charge in [0.2, 0.25) is 0 Å². The molecule has 20 heavy (non-hydrogen) atoms. The maximum absolute atomic E-state index is 14.0. The molecule has 106 valence electrons. The topological polar surface area (TPSA) is 12.0 Å². The second-order valence-electron chi connectivity index (χ2n) is 4.32. The molecule has 0 aliphatic heterocycles. The first-order chi connectivity index (χ1) is 9.52. The standard InChI is InChI=1S/C15H13BrClF2N/c1-2-20-15(11-5-3-9(17)7-13(11)16)12-8-10(18)4-6-14(12)19/h3-8,15,20H,2H2,1H3. The maximum Gasteiger partial charge on any atom is 0.128 e. The molecule has 0 saturated heterocycles. The Hall–Kier alpha value is -0.970. The zero-order valence-corrected chi connectivity index (χ0v) is 13.1. The molecule has 0 aromatic heterocycles. The minimum Gasteiger partial charge on any atom is -0.306 e. The van der Waals surface area contributed by atoms with E-state index in [1.165, 1.54) is 6.07 Å². The monoisotopic (exact) mass is 359 g/mol. The first-order valence-corrected chi connectivity index (χ1v) is 7.33. The van der Waals surface area contributed by atoms with Gasteiger partial charge in [0.25, 0.3) is 0 Å². The lowest BCUT2D eigenvalue weighted by atomic mass is 9.98. The van der Waals surface area contributed by atoms with Crippen LogP contribution in [-0.4, -0.2) is 6.54 Å². The normalized spacial score (nSPS) is 12.4. The summed E-state index contributed by atoms with van der Waals surface area (Å²) in [7, 11) is 0. The van der Waals surface area contributed by atoms with Crippen molar-refractivity contribution in [1.82, 2.24) is 5.32 Å². The Morgan fingerprint density at radius 2 is 1.90 bits per heavy atom. The van der Waals surface area contributed by atoms with E-state index in [0.29, 0.717) is 11.6 Å². The number of hydrogen-bond acceptors (Lipinski definition) is 1. The summed E-state index contributed by atoms with van der Waals surface area (Å²) in [5.74, 6) is -0.909. The average molecular weight is 361 g/mol. The van der Waals surface area contributed by atoms with Crippen LogP contribution >= 0.6 is 27.5 Å². The molecule has 5 heteroatoms. The van der Waals surface area contributed by atoms with Crippen molar-refractivity contribution in [3.8, 4) is 0 Å². The highest BCUT2D eigenvalue weighted by Crippen LogP contribution is 2.32. The van der Waals surface area contributed by atoms with Crippen LogP contribution in [0.3, 0.4) is 0 Å². The van der Waals surface area contributed by atoms with Crippen molar-refractivity contribution in [1.29, 1.82) is 0 Å². The molecule has 0 radical (unpaired) electrons. The maximum atomic E-state index is 14.0. The quantitative estimate of drug-likeness (QED) is 0.802. The van der Waals surface area contributed by atoms with Crippen LogP contribution in [0.25, 0.3) is 0 Å². The van der Waals surface area contributed by atoms with E-state index in [2.05, 4.69) is 21.2 Å². The Kier molecular flexibility index (Phi) is 5.13. The molecule has 0 spiro atoms. The van der Waals surface area contributed by atoms with Gasteiger partial charge in [-0.05, 0) is 42.4 Å². The Morgan fingerprint density at radius 3 is 2.55 bits per heavy atom. The summed E-state index contributed by atoms with van der Waals surface area (Å²) in [5, 5.41) is 3.74. The van der Waals surface area contributed by atoms with E-state index in [0.717, 1.165) is 22.2 Å². The van der Waals surface area contributed by atoms with Crippen LogP contribution < -0.4 is 5.32 Å². The van der Waals surface area contributed by atoms with Gasteiger partial charge >= 0.3 is 0 Å². The molecular weight excluding hydrogens is 348 g/mol. The Bertz CT molecular complexity index is 619. The van der Waals surface area contributed by atoms with Crippen LogP contribution in [0.5, 0.6) is 0 Å². The van der Waals surface area contributed by atoms with E-state index in [9.17, 15) is 8.78 Å². The summed E-state index contributed by atoms with van der Waals surface area (Å²) in [5.41, 5.74) is 1.08. The van der Waals surface area contributed by atoms with Gasteiger partial charge in [-0.25, -0.2) is 8.78 Å². The van der Waals surface area contributed by atoms with Gasteiger partial charge in [0.15, 0.2) is 0 Å². The predicted octanol–water partition coefficient (Wildman–Crippen LogP) is 5.08. The third-order valence-corrected chi connectivity index (χ3v) is 3.87. The summed E-state index contributed by atoms with van der Waals surface area (Å²) < 4.78 is 28.1. The summed E-state index contributed by atoms with van der Waals surface area (Å²) in [4.78, 5) is 0. The van der Waals surface area contributed by atoms with Crippen LogP contribution in [0.1, 0.15) is 24.1 Å².